The molecule has 0 bridgehead atoms. The van der Waals surface area contributed by atoms with E-state index in [0.717, 1.165) is 31.2 Å². The molecule has 19 heavy (non-hydrogen) atoms. The Kier molecular flexibility index (Phi) is 5.37. The van der Waals surface area contributed by atoms with Crippen molar-refractivity contribution in [2.75, 3.05) is 27.2 Å². The largest absolute Gasteiger partial charge is 0.342 e. The number of carbonyl (C=O) groups is 1. The van der Waals surface area contributed by atoms with Gasteiger partial charge in [0.25, 0.3) is 11.6 Å². The second-order valence-corrected chi connectivity index (χ2v) is 4.14. The number of hydrogen-bond acceptors (Lipinski definition) is 4. The number of non-ortho nitro benzene ring substituents is 1. The number of halogens is 1. The third-order valence-corrected chi connectivity index (χ3v) is 2.61. The average Bonchev–Trinajstić information content (AvgIpc) is 2.37. The summed E-state index contributed by atoms with van der Waals surface area (Å²) in [5.74, 6) is -1.22. The summed E-state index contributed by atoms with van der Waals surface area (Å²) in [6, 6.07) is 2.88. The maximum atomic E-state index is 13.2. The van der Waals surface area contributed by atoms with E-state index in [1.54, 1.807) is 14.1 Å². The Labute approximate surface area is 110 Å². The van der Waals surface area contributed by atoms with Crippen molar-refractivity contribution < 1.29 is 14.1 Å². The van der Waals surface area contributed by atoms with Gasteiger partial charge in [0, 0.05) is 25.2 Å². The summed E-state index contributed by atoms with van der Waals surface area (Å²) in [6.45, 7) is 1.24. The van der Waals surface area contributed by atoms with Crippen LogP contribution in [0.5, 0.6) is 0 Å². The molecule has 6 nitrogen and oxygen atoms in total. The van der Waals surface area contributed by atoms with Crippen LogP contribution in [0.15, 0.2) is 18.2 Å². The number of nitro groups is 1. The van der Waals surface area contributed by atoms with Crippen LogP contribution in [-0.2, 0) is 0 Å². The van der Waals surface area contributed by atoms with Crippen LogP contribution in [0.2, 0.25) is 0 Å². The zero-order valence-corrected chi connectivity index (χ0v) is 10.9. The topological polar surface area (TPSA) is 75.5 Å². The maximum absolute atomic E-state index is 13.2. The Hall–Kier alpha value is -2.02. The molecule has 0 aliphatic heterocycles. The van der Waals surface area contributed by atoms with Crippen LogP contribution in [0.4, 0.5) is 10.1 Å². The van der Waals surface area contributed by atoms with Crippen LogP contribution in [0.25, 0.3) is 0 Å². The molecule has 0 aliphatic carbocycles. The van der Waals surface area contributed by atoms with Crippen molar-refractivity contribution in [3.05, 3.63) is 39.7 Å². The highest BCUT2D eigenvalue weighted by atomic mass is 19.1. The van der Waals surface area contributed by atoms with Gasteiger partial charge in [0.2, 0.25) is 0 Å². The first-order valence-corrected chi connectivity index (χ1v) is 5.80. The van der Waals surface area contributed by atoms with E-state index in [4.69, 9.17) is 0 Å². The van der Waals surface area contributed by atoms with Gasteiger partial charge in [-0.1, -0.05) is 0 Å². The van der Waals surface area contributed by atoms with Gasteiger partial charge in [-0.15, -0.1) is 0 Å². The lowest BCUT2D eigenvalue weighted by Crippen LogP contribution is -2.29. The monoisotopic (exact) mass is 269 g/mol. The van der Waals surface area contributed by atoms with Crippen molar-refractivity contribution >= 4 is 11.6 Å². The normalized spacial score (nSPS) is 10.3. The van der Waals surface area contributed by atoms with Crippen LogP contribution in [0.1, 0.15) is 16.8 Å². The van der Waals surface area contributed by atoms with E-state index >= 15 is 0 Å². The minimum absolute atomic E-state index is 0.0151. The number of carbonyl (C=O) groups excluding carboxylic acids is 1. The molecule has 1 N–H and O–H groups in total. The van der Waals surface area contributed by atoms with E-state index in [-0.39, 0.29) is 5.56 Å². The highest BCUT2D eigenvalue weighted by molar-refractivity contribution is 5.94. The Morgan fingerprint density at radius 3 is 2.74 bits per heavy atom. The predicted molar refractivity (Wildman–Crippen MR) is 68.6 cm³/mol. The van der Waals surface area contributed by atoms with Gasteiger partial charge in [-0.2, -0.15) is 0 Å². The van der Waals surface area contributed by atoms with Gasteiger partial charge in [-0.05, 0) is 26.1 Å². The van der Waals surface area contributed by atoms with Crippen molar-refractivity contribution in [2.45, 2.75) is 6.42 Å². The van der Waals surface area contributed by atoms with Crippen molar-refractivity contribution in [1.82, 2.24) is 10.2 Å². The second-order valence-electron chi connectivity index (χ2n) is 4.14. The SMILES string of the molecule is CNCCCN(C)C(=O)c1cc(F)cc([N+](=O)[O-])c1. The molecular weight excluding hydrogens is 253 g/mol. The summed E-state index contributed by atoms with van der Waals surface area (Å²) in [4.78, 5) is 23.3. The molecule has 1 rings (SSSR count). The average molecular weight is 269 g/mol. The molecule has 0 fully saturated rings. The van der Waals surface area contributed by atoms with E-state index in [0.29, 0.717) is 6.54 Å². The number of nitro benzene ring substituents is 1. The Morgan fingerprint density at radius 2 is 2.16 bits per heavy atom. The summed E-state index contributed by atoms with van der Waals surface area (Å²) < 4.78 is 13.2. The summed E-state index contributed by atoms with van der Waals surface area (Å²) in [5.41, 5.74) is -0.439. The van der Waals surface area contributed by atoms with Crippen LogP contribution in [0, 0.1) is 15.9 Å². The molecule has 1 aromatic carbocycles. The van der Waals surface area contributed by atoms with Crippen molar-refractivity contribution in [1.29, 1.82) is 0 Å². The zero-order valence-electron chi connectivity index (χ0n) is 10.9. The molecule has 0 saturated carbocycles. The van der Waals surface area contributed by atoms with Gasteiger partial charge in [0.05, 0.1) is 11.0 Å². The van der Waals surface area contributed by atoms with E-state index in [1.165, 1.54) is 4.90 Å². The van der Waals surface area contributed by atoms with Gasteiger partial charge >= 0.3 is 0 Å². The molecule has 0 radical (unpaired) electrons. The fraction of sp³-hybridized carbons (Fsp3) is 0.417. The minimum atomic E-state index is -0.791. The lowest BCUT2D eigenvalue weighted by Gasteiger charge is -2.17. The molecule has 0 atom stereocenters. The third-order valence-electron chi connectivity index (χ3n) is 2.61. The molecule has 0 aromatic heterocycles. The molecule has 0 spiro atoms. The summed E-state index contributed by atoms with van der Waals surface area (Å²) >= 11 is 0. The number of benzene rings is 1. The molecule has 0 aliphatic rings. The van der Waals surface area contributed by atoms with Crippen LogP contribution < -0.4 is 5.32 Å². The molecule has 0 saturated heterocycles. The lowest BCUT2D eigenvalue weighted by molar-refractivity contribution is -0.385. The predicted octanol–water partition coefficient (Wildman–Crippen LogP) is 1.42. The van der Waals surface area contributed by atoms with Crippen molar-refractivity contribution in [3.8, 4) is 0 Å². The van der Waals surface area contributed by atoms with E-state index in [9.17, 15) is 19.3 Å². The van der Waals surface area contributed by atoms with Crippen LogP contribution in [0.3, 0.4) is 0 Å². The summed E-state index contributed by atoms with van der Waals surface area (Å²) in [6.07, 6.45) is 0.746. The number of amides is 1. The number of rotatable bonds is 6. The third kappa shape index (κ3) is 4.29. The van der Waals surface area contributed by atoms with Crippen LogP contribution >= 0.6 is 0 Å². The van der Waals surface area contributed by atoms with Crippen molar-refractivity contribution in [2.24, 2.45) is 0 Å². The van der Waals surface area contributed by atoms with E-state index < -0.39 is 22.3 Å². The van der Waals surface area contributed by atoms with Gasteiger partial charge < -0.3 is 10.2 Å². The van der Waals surface area contributed by atoms with E-state index in [2.05, 4.69) is 5.32 Å². The van der Waals surface area contributed by atoms with Crippen LogP contribution in [-0.4, -0.2) is 42.9 Å². The highest BCUT2D eigenvalue weighted by Gasteiger charge is 2.17. The number of hydrogen-bond donors (Lipinski definition) is 1. The quantitative estimate of drug-likeness (QED) is 0.481. The number of nitrogens with one attached hydrogen (secondary N) is 1. The first kappa shape index (κ1) is 15.0. The second kappa shape index (κ2) is 6.79. The van der Waals surface area contributed by atoms with Crippen molar-refractivity contribution in [3.63, 3.8) is 0 Å². The first-order chi connectivity index (χ1) is 8.95. The summed E-state index contributed by atoms with van der Waals surface area (Å²) in [5, 5.41) is 13.6. The highest BCUT2D eigenvalue weighted by Crippen LogP contribution is 2.17. The van der Waals surface area contributed by atoms with Gasteiger partial charge in [0.1, 0.15) is 5.82 Å². The minimum Gasteiger partial charge on any atom is -0.342 e. The molecule has 7 heteroatoms. The number of nitrogens with zero attached hydrogens (tertiary/aromatic N) is 2. The molecule has 1 aromatic rings. The maximum Gasteiger partial charge on any atom is 0.273 e. The molecule has 0 heterocycles. The smallest absolute Gasteiger partial charge is 0.273 e. The molecule has 0 unspecified atom stereocenters. The fourth-order valence-corrected chi connectivity index (χ4v) is 1.62. The van der Waals surface area contributed by atoms with Gasteiger partial charge in [-0.3, -0.25) is 14.9 Å². The standard InChI is InChI=1S/C12H16FN3O3/c1-14-4-3-5-15(2)12(17)9-6-10(13)8-11(7-9)16(18)19/h6-8,14H,3-5H2,1-2H3. The Balaban J connectivity index is 2.84. The molecule has 104 valence electrons. The lowest BCUT2D eigenvalue weighted by atomic mass is 10.1. The van der Waals surface area contributed by atoms with E-state index in [1.807, 2.05) is 0 Å². The Morgan fingerprint density at radius 1 is 1.47 bits per heavy atom. The summed E-state index contributed by atoms with van der Waals surface area (Å²) in [7, 11) is 3.38. The first-order valence-electron chi connectivity index (χ1n) is 5.80. The Bertz CT molecular complexity index is 479. The molecular formula is C12H16FN3O3. The van der Waals surface area contributed by atoms with Gasteiger partial charge in [-0.25, -0.2) is 4.39 Å². The van der Waals surface area contributed by atoms with Gasteiger partial charge in [0.15, 0.2) is 0 Å². The molecule has 1 amide bonds. The fourth-order valence-electron chi connectivity index (χ4n) is 1.62. The zero-order chi connectivity index (χ0) is 14.4.